The number of benzene rings is 3. The molecule has 0 bridgehead atoms. The summed E-state index contributed by atoms with van der Waals surface area (Å²) in [6, 6.07) is 29.8. The minimum atomic E-state index is -0.210. The normalized spacial score (nSPS) is 10.9. The van der Waals surface area contributed by atoms with Crippen molar-refractivity contribution in [2.24, 2.45) is 0 Å². The molecular formula is C27H22N4OS. The van der Waals surface area contributed by atoms with Gasteiger partial charge in [-0.25, -0.2) is 4.98 Å². The molecule has 0 aliphatic rings. The summed E-state index contributed by atoms with van der Waals surface area (Å²) in [4.78, 5) is 18.0. The molecule has 0 radical (unpaired) electrons. The first-order valence-electron chi connectivity index (χ1n) is 10.9. The van der Waals surface area contributed by atoms with E-state index in [2.05, 4.69) is 39.8 Å². The van der Waals surface area contributed by atoms with E-state index >= 15 is 0 Å². The maximum atomic E-state index is 13.2. The number of pyridine rings is 1. The van der Waals surface area contributed by atoms with Crippen molar-refractivity contribution >= 4 is 33.3 Å². The van der Waals surface area contributed by atoms with Crippen LogP contribution in [0.4, 0.5) is 5.13 Å². The van der Waals surface area contributed by atoms with Gasteiger partial charge in [0.25, 0.3) is 5.91 Å². The average molecular weight is 451 g/mol. The van der Waals surface area contributed by atoms with Gasteiger partial charge in [0.2, 0.25) is 5.13 Å². The van der Waals surface area contributed by atoms with E-state index in [9.17, 15) is 4.79 Å². The predicted molar refractivity (Wildman–Crippen MR) is 134 cm³/mol. The number of nitrogens with one attached hydrogen (secondary N) is 1. The molecule has 0 saturated carbocycles. The molecule has 0 unspecified atom stereocenters. The van der Waals surface area contributed by atoms with Crippen molar-refractivity contribution < 1.29 is 4.79 Å². The highest BCUT2D eigenvalue weighted by molar-refractivity contribution is 7.15. The lowest BCUT2D eigenvalue weighted by Crippen LogP contribution is -2.13. The Balaban J connectivity index is 1.33. The van der Waals surface area contributed by atoms with Crippen LogP contribution >= 0.6 is 11.3 Å². The number of nitrogens with zero attached hydrogens (tertiary/aromatic N) is 3. The van der Waals surface area contributed by atoms with Crippen molar-refractivity contribution in [1.29, 1.82) is 0 Å². The Kier molecular flexibility index (Phi) is 6.17. The fourth-order valence-corrected chi connectivity index (χ4v) is 4.55. The van der Waals surface area contributed by atoms with Crippen molar-refractivity contribution in [3.8, 4) is 11.3 Å². The van der Waals surface area contributed by atoms with Gasteiger partial charge >= 0.3 is 0 Å². The van der Waals surface area contributed by atoms with Crippen molar-refractivity contribution in [3.63, 3.8) is 0 Å². The van der Waals surface area contributed by atoms with E-state index in [0.717, 1.165) is 46.4 Å². The number of hydrogen-bond acceptors (Lipinski definition) is 5. The van der Waals surface area contributed by atoms with Crippen LogP contribution in [0.25, 0.3) is 22.2 Å². The van der Waals surface area contributed by atoms with E-state index in [1.54, 1.807) is 0 Å². The molecule has 0 fully saturated rings. The second-order valence-corrected chi connectivity index (χ2v) is 8.79. The maximum absolute atomic E-state index is 13.2. The molecule has 0 aliphatic heterocycles. The molecule has 5 rings (SSSR count). The van der Waals surface area contributed by atoms with Crippen LogP contribution in [0.2, 0.25) is 0 Å². The minimum Gasteiger partial charge on any atom is -0.296 e. The number of carbonyl (C=O) groups is 1. The number of aryl methyl sites for hydroxylation is 2. The zero-order valence-electron chi connectivity index (χ0n) is 17.9. The van der Waals surface area contributed by atoms with Crippen LogP contribution in [0, 0.1) is 0 Å². The Morgan fingerprint density at radius 3 is 2.36 bits per heavy atom. The summed E-state index contributed by atoms with van der Waals surface area (Å²) in [7, 11) is 0. The molecule has 162 valence electrons. The molecule has 3 aromatic carbocycles. The van der Waals surface area contributed by atoms with E-state index in [4.69, 9.17) is 4.98 Å². The molecule has 0 spiro atoms. The molecule has 1 N–H and O–H groups in total. The minimum absolute atomic E-state index is 0.210. The largest absolute Gasteiger partial charge is 0.296 e. The number of aromatic nitrogens is 3. The Bertz CT molecular complexity index is 1380. The topological polar surface area (TPSA) is 67.8 Å². The van der Waals surface area contributed by atoms with Gasteiger partial charge in [-0.3, -0.25) is 10.1 Å². The van der Waals surface area contributed by atoms with E-state index < -0.39 is 0 Å². The zero-order valence-corrected chi connectivity index (χ0v) is 18.8. The van der Waals surface area contributed by atoms with Gasteiger partial charge in [0.1, 0.15) is 5.01 Å². The van der Waals surface area contributed by atoms with Gasteiger partial charge in [-0.2, -0.15) is 0 Å². The van der Waals surface area contributed by atoms with Gasteiger partial charge in [0.15, 0.2) is 0 Å². The molecule has 2 aromatic heterocycles. The lowest BCUT2D eigenvalue weighted by Gasteiger charge is -2.09. The molecule has 0 atom stereocenters. The van der Waals surface area contributed by atoms with Crippen LogP contribution in [0.1, 0.15) is 27.3 Å². The number of fused-ring (bicyclic) bond motifs is 1. The highest BCUT2D eigenvalue weighted by Crippen LogP contribution is 2.26. The third kappa shape index (κ3) is 4.96. The Hall–Kier alpha value is -3.90. The van der Waals surface area contributed by atoms with Crippen LogP contribution in [0.3, 0.4) is 0 Å². The number of rotatable bonds is 7. The molecule has 2 heterocycles. The summed E-state index contributed by atoms with van der Waals surface area (Å²) in [6.45, 7) is 0. The molecule has 1 amide bonds. The molecule has 5 nitrogen and oxygen atoms in total. The summed E-state index contributed by atoms with van der Waals surface area (Å²) in [6.07, 6.45) is 2.81. The van der Waals surface area contributed by atoms with Gasteiger partial charge in [-0.1, -0.05) is 90.2 Å². The van der Waals surface area contributed by atoms with Gasteiger partial charge in [0, 0.05) is 17.4 Å². The summed E-state index contributed by atoms with van der Waals surface area (Å²) < 4.78 is 0. The van der Waals surface area contributed by atoms with Crippen LogP contribution in [-0.2, 0) is 12.8 Å². The van der Waals surface area contributed by atoms with Crippen molar-refractivity contribution in [2.45, 2.75) is 19.3 Å². The SMILES string of the molecule is O=C(Nc1nnc(CCCc2ccccc2)s1)c1cc(-c2ccccc2)nc2ccccc12. The second kappa shape index (κ2) is 9.71. The molecule has 6 heteroatoms. The van der Waals surface area contributed by atoms with Gasteiger partial charge in [0.05, 0.1) is 16.8 Å². The number of carbonyl (C=O) groups excluding carboxylic acids is 1. The van der Waals surface area contributed by atoms with Crippen LogP contribution in [-0.4, -0.2) is 21.1 Å². The van der Waals surface area contributed by atoms with E-state index in [-0.39, 0.29) is 5.91 Å². The molecule has 0 aliphatic carbocycles. The predicted octanol–water partition coefficient (Wildman–Crippen LogP) is 6.18. The number of hydrogen-bond donors (Lipinski definition) is 1. The molecule has 33 heavy (non-hydrogen) atoms. The maximum Gasteiger partial charge on any atom is 0.258 e. The summed E-state index contributed by atoms with van der Waals surface area (Å²) in [5.74, 6) is -0.210. The standard InChI is InChI=1S/C27H22N4OS/c32-26(29-27-31-30-25(33-27)17-9-12-19-10-3-1-4-11-19)22-18-24(20-13-5-2-6-14-20)28-23-16-8-7-15-21(22)23/h1-8,10-11,13-16,18H,9,12,17H2,(H,29,31,32). The lowest BCUT2D eigenvalue weighted by molar-refractivity contribution is 0.102. The Labute approximate surface area is 196 Å². The van der Waals surface area contributed by atoms with E-state index in [0.29, 0.717) is 10.7 Å². The first-order chi connectivity index (χ1) is 16.3. The fourth-order valence-electron chi connectivity index (χ4n) is 3.78. The quantitative estimate of drug-likeness (QED) is 0.321. The van der Waals surface area contributed by atoms with Crippen LogP contribution in [0.15, 0.2) is 91.0 Å². The summed E-state index contributed by atoms with van der Waals surface area (Å²) in [5.41, 5.74) is 4.39. The van der Waals surface area contributed by atoms with Crippen molar-refractivity contribution in [3.05, 3.63) is 107 Å². The molecular weight excluding hydrogens is 428 g/mol. The van der Waals surface area contributed by atoms with E-state index in [1.807, 2.05) is 66.7 Å². The monoisotopic (exact) mass is 450 g/mol. The van der Waals surface area contributed by atoms with E-state index in [1.165, 1.54) is 16.9 Å². The van der Waals surface area contributed by atoms with Crippen molar-refractivity contribution in [1.82, 2.24) is 15.2 Å². The molecule has 0 saturated heterocycles. The fraction of sp³-hybridized carbons (Fsp3) is 0.111. The average Bonchev–Trinajstić information content (AvgIpc) is 3.31. The van der Waals surface area contributed by atoms with Gasteiger partial charge in [-0.15, -0.1) is 10.2 Å². The first-order valence-corrected chi connectivity index (χ1v) is 11.7. The highest BCUT2D eigenvalue weighted by Gasteiger charge is 2.16. The van der Waals surface area contributed by atoms with Crippen LogP contribution < -0.4 is 5.32 Å². The van der Waals surface area contributed by atoms with Gasteiger partial charge < -0.3 is 0 Å². The Morgan fingerprint density at radius 2 is 1.55 bits per heavy atom. The summed E-state index contributed by atoms with van der Waals surface area (Å²) in [5, 5.41) is 13.6. The highest BCUT2D eigenvalue weighted by atomic mass is 32.1. The first kappa shape index (κ1) is 21.0. The third-order valence-corrected chi connectivity index (χ3v) is 6.32. The Morgan fingerprint density at radius 1 is 0.818 bits per heavy atom. The number of anilines is 1. The number of para-hydroxylation sites is 1. The second-order valence-electron chi connectivity index (χ2n) is 7.73. The van der Waals surface area contributed by atoms with Crippen LogP contribution in [0.5, 0.6) is 0 Å². The number of amides is 1. The third-order valence-electron chi connectivity index (χ3n) is 5.42. The molecule has 5 aromatic rings. The summed E-state index contributed by atoms with van der Waals surface area (Å²) >= 11 is 1.43. The van der Waals surface area contributed by atoms with Crippen molar-refractivity contribution in [2.75, 3.05) is 5.32 Å². The zero-order chi connectivity index (χ0) is 22.5. The van der Waals surface area contributed by atoms with Gasteiger partial charge in [-0.05, 0) is 30.5 Å². The smallest absolute Gasteiger partial charge is 0.258 e. The lowest BCUT2D eigenvalue weighted by atomic mass is 10.0.